The quantitative estimate of drug-likeness (QED) is 0.795. The molecule has 0 N–H and O–H groups in total. The summed E-state index contributed by atoms with van der Waals surface area (Å²) in [5.41, 5.74) is -0.0853. The molecule has 1 aromatic rings. The fraction of sp³-hybridized carbons (Fsp3) is 0.400. The summed E-state index contributed by atoms with van der Waals surface area (Å²) < 4.78 is 62.8. The van der Waals surface area contributed by atoms with E-state index in [2.05, 4.69) is 0 Å². The van der Waals surface area contributed by atoms with Gasteiger partial charge in [-0.25, -0.2) is 8.42 Å². The third-order valence-electron chi connectivity index (χ3n) is 4.25. The zero-order valence-electron chi connectivity index (χ0n) is 11.4. The number of alkyl halides is 3. The van der Waals surface area contributed by atoms with Gasteiger partial charge in [-0.15, -0.1) is 0 Å². The van der Waals surface area contributed by atoms with Crippen molar-refractivity contribution in [2.75, 3.05) is 0 Å². The van der Waals surface area contributed by atoms with Crippen LogP contribution in [-0.4, -0.2) is 18.9 Å². The lowest BCUT2D eigenvalue weighted by molar-refractivity contribution is -0.137. The van der Waals surface area contributed by atoms with Crippen molar-refractivity contribution in [2.24, 2.45) is 0 Å². The Labute approximate surface area is 126 Å². The Bertz CT molecular complexity index is 803. The summed E-state index contributed by atoms with van der Waals surface area (Å²) in [6.07, 6.45) is -1.72. The third kappa shape index (κ3) is 2.41. The molecule has 7 heteroatoms. The lowest BCUT2D eigenvalue weighted by atomic mass is 9.96. The van der Waals surface area contributed by atoms with Gasteiger partial charge in [0, 0.05) is 0 Å². The molecule has 1 aromatic carbocycles. The van der Waals surface area contributed by atoms with Gasteiger partial charge in [0.1, 0.15) is 0 Å². The Morgan fingerprint density at radius 3 is 2.50 bits per heavy atom. The summed E-state index contributed by atoms with van der Waals surface area (Å²) >= 11 is 0. The number of sulfone groups is 1. The Kier molecular flexibility index (Phi) is 3.33. The molecule has 2 unspecified atom stereocenters. The fourth-order valence-electron chi connectivity index (χ4n) is 3.12. The molecule has 0 saturated carbocycles. The second-order valence-electron chi connectivity index (χ2n) is 5.63. The Morgan fingerprint density at radius 1 is 1.18 bits per heavy atom. The summed E-state index contributed by atoms with van der Waals surface area (Å²) in [7, 11) is -3.19. The summed E-state index contributed by atoms with van der Waals surface area (Å²) in [6.45, 7) is 0. The Balaban J connectivity index is 2.09. The van der Waals surface area contributed by atoms with E-state index in [1.54, 1.807) is 12.1 Å². The molecule has 0 amide bonds. The second kappa shape index (κ2) is 4.85. The molecule has 2 bridgehead atoms. The summed E-state index contributed by atoms with van der Waals surface area (Å²) in [4.78, 5) is 0. The van der Waals surface area contributed by atoms with Crippen LogP contribution in [0, 0.1) is 11.3 Å². The molecule has 3 nitrogen and oxygen atoms in total. The number of nitrogens with zero attached hydrogens (tertiary/aromatic N) is 1. The van der Waals surface area contributed by atoms with Gasteiger partial charge in [0.15, 0.2) is 9.84 Å². The highest BCUT2D eigenvalue weighted by molar-refractivity contribution is 7.93. The van der Waals surface area contributed by atoms with Gasteiger partial charge in [-0.05, 0) is 48.6 Å². The molecule has 0 spiro atoms. The number of nitriles is 1. The molecule has 22 heavy (non-hydrogen) atoms. The van der Waals surface area contributed by atoms with Gasteiger partial charge in [-0.1, -0.05) is 6.08 Å². The smallest absolute Gasteiger partial charge is 0.228 e. The van der Waals surface area contributed by atoms with Crippen molar-refractivity contribution in [1.82, 2.24) is 0 Å². The van der Waals surface area contributed by atoms with Crippen LogP contribution in [0.25, 0.3) is 5.57 Å². The average molecular weight is 327 g/mol. The molecular weight excluding hydrogens is 315 g/mol. The largest absolute Gasteiger partial charge is 0.416 e. The second-order valence-corrected chi connectivity index (χ2v) is 8.08. The first-order valence-corrected chi connectivity index (χ1v) is 8.39. The number of hydrogen-bond acceptors (Lipinski definition) is 3. The van der Waals surface area contributed by atoms with Crippen LogP contribution in [0.5, 0.6) is 0 Å². The highest BCUT2D eigenvalue weighted by Crippen LogP contribution is 2.42. The lowest BCUT2D eigenvalue weighted by Crippen LogP contribution is -2.26. The summed E-state index contributed by atoms with van der Waals surface area (Å²) in [5, 5.41) is 7.79. The summed E-state index contributed by atoms with van der Waals surface area (Å²) in [5.74, 6) is 0. The van der Waals surface area contributed by atoms with Crippen LogP contribution < -0.4 is 0 Å². The fourth-order valence-corrected chi connectivity index (χ4v) is 5.30. The van der Waals surface area contributed by atoms with E-state index in [1.807, 2.05) is 0 Å². The molecule has 2 aliphatic heterocycles. The van der Waals surface area contributed by atoms with Gasteiger partial charge in [-0.3, -0.25) is 0 Å². The minimum atomic E-state index is -4.54. The molecule has 116 valence electrons. The predicted octanol–water partition coefficient (Wildman–Crippen LogP) is 3.31. The molecule has 0 aromatic heterocycles. The monoisotopic (exact) mass is 327 g/mol. The van der Waals surface area contributed by atoms with Crippen molar-refractivity contribution in [1.29, 1.82) is 5.26 Å². The van der Waals surface area contributed by atoms with Crippen LogP contribution in [-0.2, 0) is 16.0 Å². The van der Waals surface area contributed by atoms with Crippen LogP contribution in [0.4, 0.5) is 13.2 Å². The normalized spacial score (nSPS) is 26.4. The van der Waals surface area contributed by atoms with E-state index in [4.69, 9.17) is 5.26 Å². The third-order valence-corrected chi connectivity index (χ3v) is 6.80. The molecule has 2 heterocycles. The van der Waals surface area contributed by atoms with E-state index in [1.165, 1.54) is 6.07 Å². The van der Waals surface area contributed by atoms with Crippen molar-refractivity contribution >= 4 is 15.4 Å². The van der Waals surface area contributed by atoms with E-state index in [0.717, 1.165) is 12.1 Å². The topological polar surface area (TPSA) is 57.9 Å². The average Bonchev–Trinajstić information content (AvgIpc) is 2.66. The predicted molar refractivity (Wildman–Crippen MR) is 74.5 cm³/mol. The SMILES string of the molecule is N#Cc1cc(C2=CC3CCC(C2)S3(=O)=O)cc(C(F)(F)F)c1. The van der Waals surface area contributed by atoms with Gasteiger partial charge in [0.05, 0.1) is 27.7 Å². The first-order chi connectivity index (χ1) is 10.2. The molecular formula is C15H12F3NO2S. The Morgan fingerprint density at radius 2 is 1.91 bits per heavy atom. The molecule has 2 aliphatic rings. The molecule has 0 radical (unpaired) electrons. The summed E-state index contributed by atoms with van der Waals surface area (Å²) in [6, 6.07) is 4.91. The van der Waals surface area contributed by atoms with E-state index in [9.17, 15) is 21.6 Å². The zero-order valence-corrected chi connectivity index (χ0v) is 12.2. The molecule has 3 rings (SSSR count). The number of fused-ring (bicyclic) bond motifs is 2. The highest BCUT2D eigenvalue weighted by Gasteiger charge is 2.43. The zero-order chi connectivity index (χ0) is 16.1. The van der Waals surface area contributed by atoms with E-state index in [-0.39, 0.29) is 17.5 Å². The van der Waals surface area contributed by atoms with Crippen LogP contribution in [0.3, 0.4) is 0 Å². The number of halogens is 3. The number of allylic oxidation sites excluding steroid dienone is 1. The standard InChI is InChI=1S/C15H12F3NO2S/c16-15(17,18)12-4-9(8-19)3-10(5-12)11-6-13-1-2-14(7-11)22(13,20)21/h3-6,13-14H,1-2,7H2. The number of benzene rings is 1. The maximum absolute atomic E-state index is 12.9. The molecule has 1 fully saturated rings. The Hall–Kier alpha value is -1.81. The minimum absolute atomic E-state index is 0.0773. The first kappa shape index (κ1) is 15.1. The van der Waals surface area contributed by atoms with Crippen LogP contribution in [0.2, 0.25) is 0 Å². The van der Waals surface area contributed by atoms with Gasteiger partial charge in [0.25, 0.3) is 0 Å². The van der Waals surface area contributed by atoms with Crippen molar-refractivity contribution < 1.29 is 21.6 Å². The van der Waals surface area contributed by atoms with Crippen molar-refractivity contribution in [3.05, 3.63) is 41.0 Å². The van der Waals surface area contributed by atoms with Crippen LogP contribution in [0.1, 0.15) is 36.0 Å². The number of rotatable bonds is 1. The maximum atomic E-state index is 12.9. The molecule has 1 saturated heterocycles. The first-order valence-electron chi connectivity index (χ1n) is 6.78. The van der Waals surface area contributed by atoms with Crippen molar-refractivity contribution in [3.63, 3.8) is 0 Å². The van der Waals surface area contributed by atoms with E-state index in [0.29, 0.717) is 18.4 Å². The molecule has 2 atom stereocenters. The van der Waals surface area contributed by atoms with Crippen molar-refractivity contribution in [2.45, 2.75) is 35.9 Å². The van der Waals surface area contributed by atoms with Gasteiger partial charge >= 0.3 is 6.18 Å². The number of hydrogen-bond donors (Lipinski definition) is 0. The van der Waals surface area contributed by atoms with Crippen LogP contribution in [0.15, 0.2) is 24.3 Å². The van der Waals surface area contributed by atoms with Crippen molar-refractivity contribution in [3.8, 4) is 6.07 Å². The van der Waals surface area contributed by atoms with Crippen LogP contribution >= 0.6 is 0 Å². The van der Waals surface area contributed by atoms with Gasteiger partial charge < -0.3 is 0 Å². The lowest BCUT2D eigenvalue weighted by Gasteiger charge is -2.21. The van der Waals surface area contributed by atoms with Gasteiger partial charge in [0.2, 0.25) is 0 Å². The van der Waals surface area contributed by atoms with Gasteiger partial charge in [-0.2, -0.15) is 18.4 Å². The van der Waals surface area contributed by atoms with E-state index < -0.39 is 32.1 Å². The highest BCUT2D eigenvalue weighted by atomic mass is 32.2. The van der Waals surface area contributed by atoms with E-state index >= 15 is 0 Å². The molecule has 0 aliphatic carbocycles. The maximum Gasteiger partial charge on any atom is 0.416 e. The minimum Gasteiger partial charge on any atom is -0.228 e.